The van der Waals surface area contributed by atoms with E-state index in [2.05, 4.69) is 0 Å². The van der Waals surface area contributed by atoms with Crippen molar-refractivity contribution in [1.29, 1.82) is 0 Å². The predicted octanol–water partition coefficient (Wildman–Crippen LogP) is 3.74. The molecule has 0 radical (unpaired) electrons. The van der Waals surface area contributed by atoms with E-state index in [1.165, 1.54) is 26.4 Å². The highest BCUT2D eigenvalue weighted by atomic mass is 16.7. The molecule has 0 fully saturated rings. The minimum Gasteiger partial charge on any atom is -0.497 e. The van der Waals surface area contributed by atoms with Crippen LogP contribution in [-0.2, 0) is 11.2 Å². The summed E-state index contributed by atoms with van der Waals surface area (Å²) in [5.41, 5.74) is 0.791. The average Bonchev–Trinajstić information content (AvgIpc) is 2.77. The monoisotopic (exact) mass is 440 g/mol. The number of carbonyl (C=O) groups excluding carboxylic acids is 1. The van der Waals surface area contributed by atoms with Crippen molar-refractivity contribution >= 4 is 16.6 Å². The topological polar surface area (TPSA) is 93.4 Å². The Morgan fingerprint density at radius 3 is 2.41 bits per heavy atom. The highest BCUT2D eigenvalue weighted by Gasteiger charge is 2.39. The number of rotatable bonds is 6. The van der Waals surface area contributed by atoms with Gasteiger partial charge in [-0.3, -0.25) is 9.59 Å². The third-order valence-electron chi connectivity index (χ3n) is 5.54. The molecule has 2 aromatic carbocycles. The molecule has 8 heteroatoms. The van der Waals surface area contributed by atoms with Gasteiger partial charge >= 0.3 is 0 Å². The number of Topliss-reactive ketones (excluding diaryl/α,β-unsaturated/α-hetero) is 1. The van der Waals surface area contributed by atoms with Crippen LogP contribution in [0, 0.1) is 0 Å². The van der Waals surface area contributed by atoms with Crippen LogP contribution in [0.5, 0.6) is 23.2 Å². The van der Waals surface area contributed by atoms with Crippen molar-refractivity contribution in [2.24, 2.45) is 0 Å². The van der Waals surface area contributed by atoms with E-state index in [1.807, 2.05) is 12.1 Å². The molecule has 1 unspecified atom stereocenters. The van der Waals surface area contributed by atoms with E-state index < -0.39 is 5.79 Å². The fourth-order valence-corrected chi connectivity index (χ4v) is 3.95. The Kier molecular flexibility index (Phi) is 5.56. The molecule has 1 aromatic heterocycles. The molecule has 2 heterocycles. The van der Waals surface area contributed by atoms with Crippen molar-refractivity contribution in [3.63, 3.8) is 0 Å². The maximum Gasteiger partial charge on any atom is 0.288 e. The maximum absolute atomic E-state index is 13.3. The van der Waals surface area contributed by atoms with Crippen molar-refractivity contribution in [2.45, 2.75) is 25.6 Å². The smallest absolute Gasteiger partial charge is 0.288 e. The average molecular weight is 440 g/mol. The molecule has 1 aliphatic heterocycles. The lowest BCUT2D eigenvalue weighted by molar-refractivity contribution is -0.149. The molecule has 1 atom stereocenters. The van der Waals surface area contributed by atoms with Gasteiger partial charge in [0.1, 0.15) is 23.0 Å². The lowest BCUT2D eigenvalue weighted by Crippen LogP contribution is -2.41. The van der Waals surface area contributed by atoms with Gasteiger partial charge in [0, 0.05) is 32.6 Å². The Bertz CT molecular complexity index is 1260. The molecule has 32 heavy (non-hydrogen) atoms. The van der Waals surface area contributed by atoms with Gasteiger partial charge in [0.2, 0.25) is 5.79 Å². The highest BCUT2D eigenvalue weighted by Crippen LogP contribution is 2.46. The molecule has 0 saturated carbocycles. The van der Waals surface area contributed by atoms with Gasteiger partial charge in [-0.15, -0.1) is 0 Å². The van der Waals surface area contributed by atoms with Crippen LogP contribution in [0.2, 0.25) is 0 Å². The molecule has 168 valence electrons. The summed E-state index contributed by atoms with van der Waals surface area (Å²) in [5, 5.41) is 1.38. The number of hydrogen-bond acceptors (Lipinski definition) is 8. The lowest BCUT2D eigenvalue weighted by atomic mass is 9.89. The normalized spacial score (nSPS) is 17.6. The van der Waals surface area contributed by atoms with Crippen molar-refractivity contribution < 1.29 is 32.9 Å². The molecular formula is C24H24O8. The van der Waals surface area contributed by atoms with Crippen LogP contribution in [0.3, 0.4) is 0 Å². The summed E-state index contributed by atoms with van der Waals surface area (Å²) in [6, 6.07) is 8.05. The minimum absolute atomic E-state index is 0.0372. The third kappa shape index (κ3) is 3.78. The summed E-state index contributed by atoms with van der Waals surface area (Å²) >= 11 is 0. The summed E-state index contributed by atoms with van der Waals surface area (Å²) in [4.78, 5) is 25.3. The molecule has 0 saturated heterocycles. The van der Waals surface area contributed by atoms with Gasteiger partial charge in [-0.2, -0.15) is 0 Å². The van der Waals surface area contributed by atoms with E-state index in [4.69, 9.17) is 28.1 Å². The second-order valence-electron chi connectivity index (χ2n) is 7.67. The fraction of sp³-hybridized carbons (Fsp3) is 0.333. The van der Waals surface area contributed by atoms with Crippen molar-refractivity contribution in [2.75, 3.05) is 28.4 Å². The summed E-state index contributed by atoms with van der Waals surface area (Å²) in [6.45, 7) is 1.71. The van der Waals surface area contributed by atoms with Gasteiger partial charge in [0.05, 0.1) is 44.8 Å². The molecule has 0 bridgehead atoms. The predicted molar refractivity (Wildman–Crippen MR) is 116 cm³/mol. The third-order valence-corrected chi connectivity index (χ3v) is 5.54. The first kappa shape index (κ1) is 21.7. The standard InChI is InChI=1S/C24H24O8/c1-24(30-5)12-18(26)21-13(8-17-9-15(25)10-20(29-4)31-17)6-14-7-16(27-2)11-19(28-3)22(14)23(21)32-24/h6-7,9-11H,8,12H2,1-5H3. The first-order valence-corrected chi connectivity index (χ1v) is 9.98. The van der Waals surface area contributed by atoms with E-state index in [9.17, 15) is 9.59 Å². The zero-order chi connectivity index (χ0) is 23.0. The summed E-state index contributed by atoms with van der Waals surface area (Å²) in [5.74, 6) is 0.647. The number of methoxy groups -OCH3 is 4. The van der Waals surface area contributed by atoms with Crippen LogP contribution >= 0.6 is 0 Å². The Balaban J connectivity index is 2.00. The minimum atomic E-state index is -1.12. The molecule has 3 aromatic rings. The van der Waals surface area contributed by atoms with Crippen LogP contribution in [0.1, 0.15) is 35.0 Å². The largest absolute Gasteiger partial charge is 0.497 e. The summed E-state index contributed by atoms with van der Waals surface area (Å²) in [6.07, 6.45) is 0.221. The van der Waals surface area contributed by atoms with Gasteiger partial charge in [0.25, 0.3) is 5.95 Å². The summed E-state index contributed by atoms with van der Waals surface area (Å²) < 4.78 is 33.4. The van der Waals surface area contributed by atoms with Crippen LogP contribution in [0.25, 0.3) is 10.8 Å². The Hall–Kier alpha value is -3.52. The van der Waals surface area contributed by atoms with Gasteiger partial charge in [0.15, 0.2) is 11.2 Å². The molecule has 0 amide bonds. The molecule has 0 spiro atoms. The second kappa shape index (κ2) is 8.20. The first-order valence-electron chi connectivity index (χ1n) is 9.98. The Morgan fingerprint density at radius 1 is 0.969 bits per heavy atom. The van der Waals surface area contributed by atoms with Crippen LogP contribution in [0.4, 0.5) is 0 Å². The molecule has 0 N–H and O–H groups in total. The Morgan fingerprint density at radius 2 is 1.75 bits per heavy atom. The summed E-state index contributed by atoms with van der Waals surface area (Å²) in [7, 11) is 6.02. The van der Waals surface area contributed by atoms with Crippen molar-refractivity contribution in [3.8, 4) is 23.2 Å². The van der Waals surface area contributed by atoms with Crippen LogP contribution in [-0.4, -0.2) is 40.0 Å². The lowest BCUT2D eigenvalue weighted by Gasteiger charge is -2.35. The SMILES string of the molecule is COc1cc(OC)c2c3c(c(Cc4cc(=O)cc(OC)o4)cc2c1)C(=O)CC(C)(OC)O3. The number of hydrogen-bond donors (Lipinski definition) is 0. The van der Waals surface area contributed by atoms with Gasteiger partial charge in [-0.05, 0) is 23.1 Å². The number of benzene rings is 2. The van der Waals surface area contributed by atoms with Gasteiger partial charge in [-0.25, -0.2) is 0 Å². The molecular weight excluding hydrogens is 416 g/mol. The fourth-order valence-electron chi connectivity index (χ4n) is 3.95. The molecule has 0 aliphatic carbocycles. The zero-order valence-electron chi connectivity index (χ0n) is 18.6. The zero-order valence-corrected chi connectivity index (χ0v) is 18.6. The van der Waals surface area contributed by atoms with Crippen LogP contribution in [0.15, 0.2) is 39.5 Å². The number of ketones is 1. The van der Waals surface area contributed by atoms with Crippen molar-refractivity contribution in [1.82, 2.24) is 0 Å². The second-order valence-corrected chi connectivity index (χ2v) is 7.67. The number of carbonyl (C=O) groups is 1. The highest BCUT2D eigenvalue weighted by molar-refractivity contribution is 6.09. The Labute approximate surface area is 184 Å². The number of ether oxygens (including phenoxy) is 5. The molecule has 8 nitrogen and oxygen atoms in total. The van der Waals surface area contributed by atoms with E-state index in [1.54, 1.807) is 27.2 Å². The first-order chi connectivity index (χ1) is 15.3. The van der Waals surface area contributed by atoms with E-state index in [-0.39, 0.29) is 30.0 Å². The molecule has 1 aliphatic rings. The van der Waals surface area contributed by atoms with Gasteiger partial charge < -0.3 is 28.1 Å². The number of fused-ring (bicyclic) bond motifs is 3. The quantitative estimate of drug-likeness (QED) is 0.572. The van der Waals surface area contributed by atoms with E-state index in [0.717, 1.165) is 5.39 Å². The van der Waals surface area contributed by atoms with Crippen LogP contribution < -0.4 is 24.4 Å². The van der Waals surface area contributed by atoms with E-state index >= 15 is 0 Å². The maximum atomic E-state index is 13.3. The van der Waals surface area contributed by atoms with E-state index in [0.29, 0.717) is 39.5 Å². The molecule has 4 rings (SSSR count). The van der Waals surface area contributed by atoms with Gasteiger partial charge in [-0.1, -0.05) is 0 Å². The van der Waals surface area contributed by atoms with Crippen molar-refractivity contribution in [3.05, 3.63) is 57.4 Å².